The lowest BCUT2D eigenvalue weighted by Gasteiger charge is -2.27. The molecule has 2 aliphatic heterocycles. The Morgan fingerprint density at radius 3 is 2.54 bits per heavy atom. The molecule has 0 aromatic rings. The molecule has 2 fully saturated rings. The minimum atomic E-state index is -3.26. The summed E-state index contributed by atoms with van der Waals surface area (Å²) in [5.74, 6) is 0.554. The van der Waals surface area contributed by atoms with Gasteiger partial charge in [0, 0.05) is 32.2 Å². The maximum Gasteiger partial charge on any atom is 0.317 e. The molecular weight excluding hydrogens is 352 g/mol. The highest BCUT2D eigenvalue weighted by Crippen LogP contribution is 2.19. The molecule has 0 bridgehead atoms. The minimum Gasteiger partial charge on any atom is -0.338 e. The fourth-order valence-electron chi connectivity index (χ4n) is 3.82. The lowest BCUT2D eigenvalue weighted by atomic mass is 10.1. The fourth-order valence-corrected chi connectivity index (χ4v) is 4.99. The average molecular weight is 389 g/mol. The molecule has 26 heavy (non-hydrogen) atoms. The van der Waals surface area contributed by atoms with E-state index in [1.165, 1.54) is 19.1 Å². The van der Waals surface area contributed by atoms with Gasteiger partial charge in [-0.3, -0.25) is 0 Å². The molecule has 2 heterocycles. The summed E-state index contributed by atoms with van der Waals surface area (Å²) in [5, 5.41) is 2.95. The number of carbonyl (C=O) groups excluding carboxylic acids is 1. The number of hydrogen-bond acceptors (Lipinski definition) is 4. The first-order valence-electron chi connectivity index (χ1n) is 9.99. The Morgan fingerprint density at radius 2 is 1.92 bits per heavy atom. The summed E-state index contributed by atoms with van der Waals surface area (Å²) >= 11 is 0. The van der Waals surface area contributed by atoms with E-state index in [0.29, 0.717) is 38.5 Å². The van der Waals surface area contributed by atoms with Crippen molar-refractivity contribution in [3.8, 4) is 0 Å². The van der Waals surface area contributed by atoms with Crippen LogP contribution >= 0.6 is 0 Å². The molecule has 0 aromatic carbocycles. The van der Waals surface area contributed by atoms with Crippen LogP contribution in [0.3, 0.4) is 0 Å². The van der Waals surface area contributed by atoms with E-state index in [1.807, 2.05) is 0 Å². The van der Waals surface area contributed by atoms with Gasteiger partial charge >= 0.3 is 6.03 Å². The monoisotopic (exact) mass is 388 g/mol. The third-order valence-electron chi connectivity index (χ3n) is 5.33. The Kier molecular flexibility index (Phi) is 8.16. The van der Waals surface area contributed by atoms with E-state index in [2.05, 4.69) is 24.1 Å². The predicted octanol–water partition coefficient (Wildman–Crippen LogP) is 1.56. The van der Waals surface area contributed by atoms with Crippen LogP contribution < -0.4 is 5.32 Å². The lowest BCUT2D eigenvalue weighted by Crippen LogP contribution is -2.45. The molecule has 2 saturated heterocycles. The van der Waals surface area contributed by atoms with Crippen LogP contribution in [-0.2, 0) is 10.0 Å². The summed E-state index contributed by atoms with van der Waals surface area (Å²) in [6.45, 7) is 9.80. The third-order valence-corrected chi connectivity index (χ3v) is 6.67. The summed E-state index contributed by atoms with van der Waals surface area (Å²) in [7, 11) is -3.26. The van der Waals surface area contributed by atoms with Crippen molar-refractivity contribution in [1.82, 2.24) is 19.4 Å². The zero-order valence-electron chi connectivity index (χ0n) is 16.6. The van der Waals surface area contributed by atoms with Crippen molar-refractivity contribution >= 4 is 16.1 Å². The van der Waals surface area contributed by atoms with Crippen LogP contribution in [0.5, 0.6) is 0 Å². The number of sulfonamides is 1. The van der Waals surface area contributed by atoms with E-state index in [1.54, 1.807) is 9.21 Å². The number of rotatable bonds is 9. The molecule has 8 heteroatoms. The van der Waals surface area contributed by atoms with Gasteiger partial charge in [-0.15, -0.1) is 0 Å². The second-order valence-corrected chi connectivity index (χ2v) is 10.0. The Balaban J connectivity index is 1.81. The lowest BCUT2D eigenvalue weighted by molar-refractivity contribution is 0.204. The van der Waals surface area contributed by atoms with Gasteiger partial charge in [-0.2, -0.15) is 4.31 Å². The standard InChI is InChI=1S/C18H36N4O3S/c1-16(2)7-9-19-18(23)21-14-8-17(15-21)22(26(3,24)25)13-6-12-20-10-4-5-11-20/h16-17H,4-15H2,1-3H3,(H,19,23). The molecule has 2 rings (SSSR count). The number of carbonyl (C=O) groups is 1. The van der Waals surface area contributed by atoms with Crippen LogP contribution in [0.1, 0.15) is 46.0 Å². The first-order valence-corrected chi connectivity index (χ1v) is 11.8. The molecule has 0 aliphatic carbocycles. The second-order valence-electron chi connectivity index (χ2n) is 8.08. The summed E-state index contributed by atoms with van der Waals surface area (Å²) in [5.41, 5.74) is 0. The van der Waals surface area contributed by atoms with Crippen molar-refractivity contribution in [2.45, 2.75) is 52.0 Å². The van der Waals surface area contributed by atoms with Gasteiger partial charge in [0.25, 0.3) is 0 Å². The van der Waals surface area contributed by atoms with Gasteiger partial charge in [0.05, 0.1) is 6.26 Å². The Hall–Kier alpha value is -0.860. The molecule has 152 valence electrons. The summed E-state index contributed by atoms with van der Waals surface area (Å²) in [6, 6.07) is -0.168. The van der Waals surface area contributed by atoms with Crippen LogP contribution in [0, 0.1) is 5.92 Å². The fraction of sp³-hybridized carbons (Fsp3) is 0.944. The number of nitrogens with zero attached hydrogens (tertiary/aromatic N) is 3. The maximum absolute atomic E-state index is 12.3. The van der Waals surface area contributed by atoms with Gasteiger partial charge in [0.15, 0.2) is 0 Å². The third kappa shape index (κ3) is 6.70. The Bertz CT molecular complexity index is 547. The van der Waals surface area contributed by atoms with Gasteiger partial charge in [-0.05, 0) is 57.7 Å². The largest absolute Gasteiger partial charge is 0.338 e. The van der Waals surface area contributed by atoms with Crippen molar-refractivity contribution in [2.75, 3.05) is 52.1 Å². The SMILES string of the molecule is CC(C)CCNC(=O)N1CCC(N(CCCN2CCCC2)S(C)(=O)=O)C1. The van der Waals surface area contributed by atoms with Crippen molar-refractivity contribution in [3.63, 3.8) is 0 Å². The molecule has 2 aliphatic rings. The van der Waals surface area contributed by atoms with Crippen molar-refractivity contribution in [2.24, 2.45) is 5.92 Å². The van der Waals surface area contributed by atoms with Crippen LogP contribution in [0.2, 0.25) is 0 Å². The van der Waals surface area contributed by atoms with Gasteiger partial charge in [-0.1, -0.05) is 13.8 Å². The normalized spacial score (nSPS) is 21.9. The number of amides is 2. The molecule has 0 spiro atoms. The van der Waals surface area contributed by atoms with Crippen molar-refractivity contribution in [3.05, 3.63) is 0 Å². The van der Waals surface area contributed by atoms with Crippen LogP contribution in [0.15, 0.2) is 0 Å². The van der Waals surface area contributed by atoms with Gasteiger partial charge in [0.1, 0.15) is 0 Å². The van der Waals surface area contributed by atoms with Crippen molar-refractivity contribution in [1.29, 1.82) is 0 Å². The second kappa shape index (κ2) is 9.90. The quantitative estimate of drug-likeness (QED) is 0.651. The van der Waals surface area contributed by atoms with E-state index in [4.69, 9.17) is 0 Å². The molecule has 1 N–H and O–H groups in total. The predicted molar refractivity (Wildman–Crippen MR) is 105 cm³/mol. The number of likely N-dealkylation sites (tertiary alicyclic amines) is 2. The highest BCUT2D eigenvalue weighted by molar-refractivity contribution is 7.88. The Morgan fingerprint density at radius 1 is 1.23 bits per heavy atom. The van der Waals surface area contributed by atoms with E-state index in [9.17, 15) is 13.2 Å². The topological polar surface area (TPSA) is 73.0 Å². The summed E-state index contributed by atoms with van der Waals surface area (Å²) < 4.78 is 26.1. The van der Waals surface area contributed by atoms with Gasteiger partial charge in [-0.25, -0.2) is 13.2 Å². The molecule has 1 atom stereocenters. The molecule has 0 aromatic heterocycles. The van der Waals surface area contributed by atoms with E-state index in [-0.39, 0.29) is 12.1 Å². The smallest absolute Gasteiger partial charge is 0.317 e. The van der Waals surface area contributed by atoms with Crippen LogP contribution in [0.25, 0.3) is 0 Å². The zero-order valence-corrected chi connectivity index (χ0v) is 17.4. The molecule has 0 saturated carbocycles. The van der Waals surface area contributed by atoms with Crippen LogP contribution in [0.4, 0.5) is 4.79 Å². The average Bonchev–Trinajstić information content (AvgIpc) is 3.21. The first-order chi connectivity index (χ1) is 12.3. The van der Waals surface area contributed by atoms with E-state index < -0.39 is 10.0 Å². The van der Waals surface area contributed by atoms with Gasteiger partial charge in [0.2, 0.25) is 10.0 Å². The first kappa shape index (κ1) is 21.4. The Labute approximate surface area is 159 Å². The number of urea groups is 1. The maximum atomic E-state index is 12.3. The zero-order chi connectivity index (χ0) is 19.2. The molecule has 2 amide bonds. The molecular formula is C18H36N4O3S. The molecule has 7 nitrogen and oxygen atoms in total. The molecule has 0 radical (unpaired) electrons. The van der Waals surface area contributed by atoms with Crippen molar-refractivity contribution < 1.29 is 13.2 Å². The highest BCUT2D eigenvalue weighted by atomic mass is 32.2. The van der Waals surface area contributed by atoms with Gasteiger partial charge < -0.3 is 15.1 Å². The highest BCUT2D eigenvalue weighted by Gasteiger charge is 2.34. The number of hydrogen-bond donors (Lipinski definition) is 1. The summed E-state index contributed by atoms with van der Waals surface area (Å²) in [6.07, 6.45) is 6.31. The van der Waals surface area contributed by atoms with E-state index >= 15 is 0 Å². The minimum absolute atomic E-state index is 0.0707. The summed E-state index contributed by atoms with van der Waals surface area (Å²) in [4.78, 5) is 16.4. The van der Waals surface area contributed by atoms with Crippen LogP contribution in [-0.4, -0.2) is 86.7 Å². The molecule has 1 unspecified atom stereocenters. The van der Waals surface area contributed by atoms with E-state index in [0.717, 1.165) is 32.5 Å². The number of nitrogens with one attached hydrogen (secondary N) is 1.